The number of nitrogens with zero attached hydrogens (tertiary/aromatic N) is 3. The maximum atomic E-state index is 5.05. The molecule has 4 heteroatoms. The number of fused-ring (bicyclic) bond motifs is 1. The van der Waals surface area contributed by atoms with E-state index in [1.165, 1.54) is 29.6 Å². The second-order valence-corrected chi connectivity index (χ2v) is 8.49. The Labute approximate surface area is 161 Å². The Kier molecular flexibility index (Phi) is 5.94. The number of hydrogen-bond acceptors (Lipinski definition) is 2. The van der Waals surface area contributed by atoms with E-state index in [4.69, 9.17) is 4.98 Å². The molecule has 0 atom stereocenters. The van der Waals surface area contributed by atoms with Crippen molar-refractivity contribution < 1.29 is 9.05 Å². The first-order chi connectivity index (χ1) is 12.5. The summed E-state index contributed by atoms with van der Waals surface area (Å²) in [5, 5.41) is 2.34. The molecule has 3 nitrogen and oxygen atoms in total. The fourth-order valence-electron chi connectivity index (χ4n) is 3.27. The van der Waals surface area contributed by atoms with Crippen molar-refractivity contribution in [3.63, 3.8) is 0 Å². The molecule has 0 saturated carbocycles. The van der Waals surface area contributed by atoms with E-state index in [9.17, 15) is 0 Å². The van der Waals surface area contributed by atoms with E-state index in [0.717, 1.165) is 28.2 Å². The smallest absolute Gasteiger partial charge is 0.305 e. The predicted molar refractivity (Wildman–Crippen MR) is 111 cm³/mol. The third-order valence-corrected chi connectivity index (χ3v) is 5.25. The minimum Gasteiger partial charge on any atom is -0.331 e. The number of benzene rings is 2. The van der Waals surface area contributed by atoms with Crippen molar-refractivity contribution in [2.24, 2.45) is 0 Å². The summed E-state index contributed by atoms with van der Waals surface area (Å²) in [7, 11) is 6.76. The van der Waals surface area contributed by atoms with Crippen LogP contribution in [0.2, 0.25) is 0 Å². The van der Waals surface area contributed by atoms with E-state index >= 15 is 0 Å². The minimum absolute atomic E-state index is 0.993. The molecule has 0 radical (unpaired) electrons. The predicted octanol–water partition coefficient (Wildman–Crippen LogP) is 4.26. The van der Waals surface area contributed by atoms with Gasteiger partial charge in [-0.1, -0.05) is 42.1 Å². The molecule has 0 spiro atoms. The molecule has 2 aromatic carbocycles. The lowest BCUT2D eigenvalue weighted by atomic mass is 10.1. The van der Waals surface area contributed by atoms with E-state index in [-0.39, 0.29) is 0 Å². The van der Waals surface area contributed by atoms with E-state index in [1.54, 1.807) is 11.8 Å². The molecule has 0 aliphatic rings. The zero-order chi connectivity index (χ0) is 18.6. The van der Waals surface area contributed by atoms with Crippen LogP contribution in [0.15, 0.2) is 59.6 Å². The van der Waals surface area contributed by atoms with Crippen LogP contribution >= 0.6 is 11.8 Å². The molecule has 0 saturated heterocycles. The highest BCUT2D eigenvalue weighted by Crippen LogP contribution is 2.24. The Bertz CT molecular complexity index is 870. The van der Waals surface area contributed by atoms with Gasteiger partial charge in [-0.3, -0.25) is 0 Å². The second-order valence-electron chi connectivity index (χ2n) is 7.70. The molecule has 0 fully saturated rings. The van der Waals surface area contributed by atoms with Gasteiger partial charge in [-0.2, -0.15) is 4.57 Å². The highest BCUT2D eigenvalue weighted by Gasteiger charge is 2.22. The average Bonchev–Trinajstić information content (AvgIpc) is 2.64. The second kappa shape index (κ2) is 8.19. The van der Waals surface area contributed by atoms with E-state index in [0.29, 0.717) is 0 Å². The molecule has 0 N–H and O–H groups in total. The number of para-hydroxylation sites is 2. The quantitative estimate of drug-likeness (QED) is 0.204. The van der Waals surface area contributed by atoms with Crippen LogP contribution < -0.4 is 4.57 Å². The van der Waals surface area contributed by atoms with Crippen molar-refractivity contribution in [2.45, 2.75) is 24.3 Å². The summed E-state index contributed by atoms with van der Waals surface area (Å²) in [6, 6.07) is 19.2. The van der Waals surface area contributed by atoms with E-state index in [2.05, 4.69) is 86.6 Å². The molecule has 26 heavy (non-hydrogen) atoms. The van der Waals surface area contributed by atoms with Crippen LogP contribution in [0.4, 0.5) is 0 Å². The topological polar surface area (TPSA) is 16.8 Å². The molecule has 3 aromatic rings. The van der Waals surface area contributed by atoms with Gasteiger partial charge < -0.3 is 4.48 Å². The van der Waals surface area contributed by atoms with Gasteiger partial charge in [-0.25, -0.2) is 0 Å². The summed E-state index contributed by atoms with van der Waals surface area (Å²) < 4.78 is 3.35. The first kappa shape index (κ1) is 18.9. The molecule has 0 amide bonds. The van der Waals surface area contributed by atoms with Crippen LogP contribution in [-0.4, -0.2) is 43.4 Å². The lowest BCUT2D eigenvalue weighted by Crippen LogP contribution is -2.39. The van der Waals surface area contributed by atoms with Gasteiger partial charge in [0.15, 0.2) is 0 Å². The summed E-state index contributed by atoms with van der Waals surface area (Å²) >= 11 is 1.73. The van der Waals surface area contributed by atoms with Crippen LogP contribution in [0.3, 0.4) is 0 Å². The first-order valence-corrected chi connectivity index (χ1v) is 10.5. The van der Waals surface area contributed by atoms with Crippen LogP contribution in [0.5, 0.6) is 0 Å². The third kappa shape index (κ3) is 4.43. The summed E-state index contributed by atoms with van der Waals surface area (Å²) in [4.78, 5) is 5.05. The molecule has 0 aliphatic heterocycles. The molecule has 0 unspecified atom stereocenters. The Morgan fingerprint density at radius 3 is 2.31 bits per heavy atom. The maximum absolute atomic E-state index is 5.05. The summed E-state index contributed by atoms with van der Waals surface area (Å²) in [5.41, 5.74) is 2.42. The van der Waals surface area contributed by atoms with Crippen LogP contribution in [0, 0.1) is 0 Å². The molecule has 0 bridgehead atoms. The van der Waals surface area contributed by atoms with Crippen molar-refractivity contribution in [1.29, 1.82) is 0 Å². The largest absolute Gasteiger partial charge is 0.331 e. The normalized spacial score (nSPS) is 11.8. The summed E-state index contributed by atoms with van der Waals surface area (Å²) in [5.74, 6) is 1.15. The SMILES string of the molecule is CSc1nc(CCCC[N+](C)(C)C)[n+](-c2ccccc2)c2ccccc12. The van der Waals surface area contributed by atoms with Gasteiger partial charge in [0, 0.05) is 0 Å². The zero-order valence-electron chi connectivity index (χ0n) is 16.3. The monoisotopic (exact) mass is 367 g/mol. The van der Waals surface area contributed by atoms with Crippen molar-refractivity contribution in [1.82, 2.24) is 4.98 Å². The van der Waals surface area contributed by atoms with Crippen LogP contribution in [0.25, 0.3) is 16.6 Å². The van der Waals surface area contributed by atoms with Gasteiger partial charge >= 0.3 is 5.82 Å². The van der Waals surface area contributed by atoms with Gasteiger partial charge in [-0.05, 0) is 48.3 Å². The van der Waals surface area contributed by atoms with Gasteiger partial charge in [-0.15, -0.1) is 0 Å². The number of thioether (sulfide) groups is 1. The van der Waals surface area contributed by atoms with Crippen molar-refractivity contribution in [3.05, 3.63) is 60.4 Å². The van der Waals surface area contributed by atoms with E-state index in [1.807, 2.05) is 0 Å². The number of aromatic nitrogens is 2. The van der Waals surface area contributed by atoms with Crippen molar-refractivity contribution in [3.8, 4) is 5.69 Å². The number of unbranched alkanes of at least 4 members (excludes halogenated alkanes) is 1. The summed E-state index contributed by atoms with van der Waals surface area (Å²) in [6.07, 6.45) is 5.47. The first-order valence-electron chi connectivity index (χ1n) is 9.23. The Balaban J connectivity index is 2.03. The van der Waals surface area contributed by atoms with Crippen LogP contribution in [0.1, 0.15) is 18.7 Å². The standard InChI is InChI=1S/C22H29N3S/c1-25(2,3)17-11-10-16-21-23-22(26-4)19-14-8-9-15-20(19)24(21)18-12-6-5-7-13-18/h5-9,12-15H,10-11,16-17H2,1-4H3/q+2. The van der Waals surface area contributed by atoms with Gasteiger partial charge in [0.2, 0.25) is 5.03 Å². The molecule has 1 heterocycles. The van der Waals surface area contributed by atoms with Gasteiger partial charge in [0.1, 0.15) is 11.2 Å². The minimum atomic E-state index is 0.993. The third-order valence-electron chi connectivity index (χ3n) is 4.55. The fraction of sp³-hybridized carbons (Fsp3) is 0.364. The molecular formula is C22H29N3S+2. The molecule has 0 aliphatic carbocycles. The van der Waals surface area contributed by atoms with Crippen LogP contribution in [-0.2, 0) is 6.42 Å². The van der Waals surface area contributed by atoms with Gasteiger partial charge in [0.25, 0.3) is 0 Å². The maximum Gasteiger partial charge on any atom is 0.305 e. The highest BCUT2D eigenvalue weighted by molar-refractivity contribution is 7.98. The lowest BCUT2D eigenvalue weighted by Gasteiger charge is -2.23. The molecule has 1 aromatic heterocycles. The summed E-state index contributed by atoms with van der Waals surface area (Å²) in [6.45, 7) is 1.19. The molecular weight excluding hydrogens is 338 g/mol. The number of quaternary nitrogens is 1. The lowest BCUT2D eigenvalue weighted by molar-refractivity contribution is -0.870. The number of rotatable bonds is 7. The van der Waals surface area contributed by atoms with Crippen molar-refractivity contribution >= 4 is 22.7 Å². The fourth-order valence-corrected chi connectivity index (χ4v) is 3.86. The van der Waals surface area contributed by atoms with Crippen molar-refractivity contribution in [2.75, 3.05) is 33.9 Å². The Morgan fingerprint density at radius 1 is 0.923 bits per heavy atom. The molecule has 3 rings (SSSR count). The Hall–Kier alpha value is -1.91. The van der Waals surface area contributed by atoms with Gasteiger partial charge in [0.05, 0.1) is 39.5 Å². The Morgan fingerprint density at radius 2 is 1.62 bits per heavy atom. The number of hydrogen-bond donors (Lipinski definition) is 0. The average molecular weight is 368 g/mol. The number of aryl methyl sites for hydroxylation is 1. The highest BCUT2D eigenvalue weighted by atomic mass is 32.2. The molecule has 136 valence electrons. The zero-order valence-corrected chi connectivity index (χ0v) is 17.1. The van der Waals surface area contributed by atoms with E-state index < -0.39 is 0 Å².